The fourth-order valence-electron chi connectivity index (χ4n) is 1.69. The molecule has 0 unspecified atom stereocenters. The zero-order valence-electron chi connectivity index (χ0n) is 12.4. The second-order valence-corrected chi connectivity index (χ2v) is 4.84. The fraction of sp³-hybridized carbons (Fsp3) is 0.125. The highest BCUT2D eigenvalue weighted by molar-refractivity contribution is 6.32. The van der Waals surface area contributed by atoms with Crippen LogP contribution in [0.5, 0.6) is 5.75 Å². The Kier molecular flexibility index (Phi) is 6.11. The molecule has 0 spiro atoms. The number of nitro benzene ring substituents is 1. The number of pyridine rings is 1. The van der Waals surface area contributed by atoms with E-state index in [2.05, 4.69) is 22.1 Å². The van der Waals surface area contributed by atoms with E-state index >= 15 is 0 Å². The molecule has 1 heterocycles. The highest BCUT2D eigenvalue weighted by Gasteiger charge is 2.15. The van der Waals surface area contributed by atoms with E-state index in [0.717, 1.165) is 6.07 Å². The average Bonchev–Trinajstić information content (AvgIpc) is 2.58. The highest BCUT2D eigenvalue weighted by Crippen LogP contribution is 2.24. The Morgan fingerprint density at radius 3 is 2.92 bits per heavy atom. The largest absolute Gasteiger partial charge is 0.479 e. The van der Waals surface area contributed by atoms with Gasteiger partial charge in [0.2, 0.25) is 0 Å². The van der Waals surface area contributed by atoms with Crippen LogP contribution in [0.4, 0.5) is 5.69 Å². The maximum atomic E-state index is 11.9. The SMILES string of the molecule is O=C(NCC#CCOc1cccnc1)c1ccc(Cl)c([N+](=O)[O-])c1. The second-order valence-electron chi connectivity index (χ2n) is 4.44. The molecule has 8 heteroatoms. The first kappa shape index (κ1) is 17.2. The predicted molar refractivity (Wildman–Crippen MR) is 87.9 cm³/mol. The van der Waals surface area contributed by atoms with Crippen LogP contribution in [-0.2, 0) is 0 Å². The third-order valence-electron chi connectivity index (χ3n) is 2.81. The molecule has 1 aromatic heterocycles. The summed E-state index contributed by atoms with van der Waals surface area (Å²) >= 11 is 5.69. The quantitative estimate of drug-likeness (QED) is 0.510. The number of hydrogen-bond acceptors (Lipinski definition) is 5. The van der Waals surface area contributed by atoms with Crippen LogP contribution in [0.25, 0.3) is 0 Å². The Labute approximate surface area is 142 Å². The number of nitrogens with one attached hydrogen (secondary N) is 1. The fourth-order valence-corrected chi connectivity index (χ4v) is 1.87. The van der Waals surface area contributed by atoms with E-state index in [0.29, 0.717) is 5.75 Å². The molecule has 0 aliphatic rings. The molecule has 0 saturated heterocycles. The molecular formula is C16H12ClN3O4. The lowest BCUT2D eigenvalue weighted by Gasteiger charge is -2.02. The molecule has 0 bridgehead atoms. The Morgan fingerprint density at radius 2 is 2.21 bits per heavy atom. The molecule has 1 N–H and O–H groups in total. The lowest BCUT2D eigenvalue weighted by molar-refractivity contribution is -0.384. The van der Waals surface area contributed by atoms with E-state index in [4.69, 9.17) is 16.3 Å². The third kappa shape index (κ3) is 4.97. The molecule has 2 rings (SSSR count). The van der Waals surface area contributed by atoms with Crippen LogP contribution in [0, 0.1) is 22.0 Å². The maximum absolute atomic E-state index is 11.9. The minimum absolute atomic E-state index is 0.0242. The van der Waals surface area contributed by atoms with Crippen molar-refractivity contribution in [2.45, 2.75) is 0 Å². The van der Waals surface area contributed by atoms with Gasteiger partial charge in [0.1, 0.15) is 17.4 Å². The summed E-state index contributed by atoms with van der Waals surface area (Å²) in [7, 11) is 0. The van der Waals surface area contributed by atoms with Crippen molar-refractivity contribution in [2.24, 2.45) is 0 Å². The molecule has 0 atom stereocenters. The monoisotopic (exact) mass is 345 g/mol. The van der Waals surface area contributed by atoms with Gasteiger partial charge in [-0.25, -0.2) is 0 Å². The van der Waals surface area contributed by atoms with Gasteiger partial charge in [-0.15, -0.1) is 0 Å². The zero-order chi connectivity index (χ0) is 17.4. The van der Waals surface area contributed by atoms with Crippen molar-refractivity contribution < 1.29 is 14.5 Å². The Hall–Kier alpha value is -3.11. The standard InChI is InChI=1S/C16H12ClN3O4/c17-14-6-5-12(10-15(14)20(22)23)16(21)19-8-1-2-9-24-13-4-3-7-18-11-13/h3-7,10-11H,8-9H2,(H,19,21). The van der Waals surface area contributed by atoms with Crippen LogP contribution in [0.2, 0.25) is 5.02 Å². The summed E-state index contributed by atoms with van der Waals surface area (Å²) in [4.78, 5) is 25.9. The normalized spacial score (nSPS) is 9.54. The van der Waals surface area contributed by atoms with Crippen LogP contribution in [0.15, 0.2) is 42.7 Å². The summed E-state index contributed by atoms with van der Waals surface area (Å²) in [6.07, 6.45) is 3.20. The molecule has 1 aromatic carbocycles. The number of rotatable bonds is 5. The molecule has 0 radical (unpaired) electrons. The third-order valence-corrected chi connectivity index (χ3v) is 3.13. The Balaban J connectivity index is 1.83. The first-order valence-corrected chi connectivity index (χ1v) is 7.16. The molecular weight excluding hydrogens is 334 g/mol. The van der Waals surface area contributed by atoms with E-state index in [-0.39, 0.29) is 29.4 Å². The minimum atomic E-state index is -0.644. The van der Waals surface area contributed by atoms with Gasteiger partial charge in [-0.3, -0.25) is 19.9 Å². The van der Waals surface area contributed by atoms with Gasteiger partial charge < -0.3 is 10.1 Å². The number of halogens is 1. The molecule has 0 aliphatic carbocycles. The van der Waals surface area contributed by atoms with Crippen LogP contribution < -0.4 is 10.1 Å². The van der Waals surface area contributed by atoms with E-state index in [1.807, 2.05) is 0 Å². The number of amides is 1. The molecule has 7 nitrogen and oxygen atoms in total. The van der Waals surface area contributed by atoms with Crippen LogP contribution in [0.3, 0.4) is 0 Å². The van der Waals surface area contributed by atoms with Gasteiger partial charge in [0.05, 0.1) is 17.7 Å². The number of nitro groups is 1. The van der Waals surface area contributed by atoms with E-state index < -0.39 is 10.8 Å². The van der Waals surface area contributed by atoms with Crippen molar-refractivity contribution in [3.8, 4) is 17.6 Å². The number of benzene rings is 1. The number of hydrogen-bond donors (Lipinski definition) is 1. The summed E-state index contributed by atoms with van der Waals surface area (Å²) in [6, 6.07) is 7.33. The minimum Gasteiger partial charge on any atom is -0.479 e. The van der Waals surface area contributed by atoms with Crippen molar-refractivity contribution in [2.75, 3.05) is 13.2 Å². The Bertz CT molecular complexity index is 800. The van der Waals surface area contributed by atoms with Crippen molar-refractivity contribution in [3.05, 3.63) is 63.4 Å². The van der Waals surface area contributed by atoms with Crippen molar-refractivity contribution >= 4 is 23.2 Å². The van der Waals surface area contributed by atoms with Crippen molar-refractivity contribution in [3.63, 3.8) is 0 Å². The molecule has 0 saturated carbocycles. The lowest BCUT2D eigenvalue weighted by Crippen LogP contribution is -2.23. The van der Waals surface area contributed by atoms with Crippen molar-refractivity contribution in [1.82, 2.24) is 10.3 Å². The maximum Gasteiger partial charge on any atom is 0.288 e. The van der Waals surface area contributed by atoms with Gasteiger partial charge in [-0.05, 0) is 24.3 Å². The first-order chi connectivity index (χ1) is 11.6. The van der Waals surface area contributed by atoms with Crippen LogP contribution in [-0.4, -0.2) is 29.0 Å². The number of nitrogens with zero attached hydrogens (tertiary/aromatic N) is 2. The van der Waals surface area contributed by atoms with E-state index in [1.165, 1.54) is 12.1 Å². The smallest absolute Gasteiger partial charge is 0.288 e. The number of carbonyl (C=O) groups excluding carboxylic acids is 1. The van der Waals surface area contributed by atoms with Crippen LogP contribution in [0.1, 0.15) is 10.4 Å². The second kappa shape index (κ2) is 8.50. The van der Waals surface area contributed by atoms with Gasteiger partial charge in [0.25, 0.3) is 11.6 Å². The average molecular weight is 346 g/mol. The van der Waals surface area contributed by atoms with Gasteiger partial charge in [-0.1, -0.05) is 23.4 Å². The number of carbonyl (C=O) groups is 1. The predicted octanol–water partition coefficient (Wildman–Crippen LogP) is 2.46. The van der Waals surface area contributed by atoms with Crippen LogP contribution >= 0.6 is 11.6 Å². The van der Waals surface area contributed by atoms with E-state index in [9.17, 15) is 14.9 Å². The van der Waals surface area contributed by atoms with Gasteiger partial charge in [-0.2, -0.15) is 0 Å². The zero-order valence-corrected chi connectivity index (χ0v) is 13.1. The summed E-state index contributed by atoms with van der Waals surface area (Å²) < 4.78 is 5.31. The van der Waals surface area contributed by atoms with E-state index in [1.54, 1.807) is 24.5 Å². The molecule has 2 aromatic rings. The molecule has 24 heavy (non-hydrogen) atoms. The molecule has 0 aliphatic heterocycles. The number of ether oxygens (including phenoxy) is 1. The summed E-state index contributed by atoms with van der Waals surface area (Å²) in [5, 5.41) is 13.3. The molecule has 122 valence electrons. The van der Waals surface area contributed by atoms with Crippen molar-refractivity contribution in [1.29, 1.82) is 0 Å². The van der Waals surface area contributed by atoms with Gasteiger partial charge in [0, 0.05) is 17.8 Å². The van der Waals surface area contributed by atoms with Gasteiger partial charge in [0.15, 0.2) is 0 Å². The Morgan fingerprint density at radius 1 is 1.38 bits per heavy atom. The first-order valence-electron chi connectivity index (χ1n) is 6.78. The summed E-state index contributed by atoms with van der Waals surface area (Å²) in [5.41, 5.74) is -0.181. The molecule has 0 fully saturated rings. The van der Waals surface area contributed by atoms with Gasteiger partial charge >= 0.3 is 0 Å². The number of aromatic nitrogens is 1. The summed E-state index contributed by atoms with van der Waals surface area (Å²) in [5.74, 6) is 5.58. The topological polar surface area (TPSA) is 94.4 Å². The molecule has 1 amide bonds. The lowest BCUT2D eigenvalue weighted by atomic mass is 10.2. The highest BCUT2D eigenvalue weighted by atomic mass is 35.5. The summed E-state index contributed by atoms with van der Waals surface area (Å²) in [6.45, 7) is 0.250.